The molecule has 0 aliphatic rings. The number of aromatic nitrogens is 1. The SMILES string of the molecule is CCN(CC(C)(C)CN)c1c(C#N)cnc2ccccc12. The Balaban J connectivity index is 2.59. The molecule has 21 heavy (non-hydrogen) atoms. The molecule has 2 aromatic rings. The third-order valence-corrected chi connectivity index (χ3v) is 3.74. The van der Waals surface area contributed by atoms with Gasteiger partial charge in [0.15, 0.2) is 0 Å². The summed E-state index contributed by atoms with van der Waals surface area (Å²) in [6, 6.07) is 10.2. The summed E-state index contributed by atoms with van der Waals surface area (Å²) in [6.07, 6.45) is 1.66. The molecule has 0 unspecified atom stereocenters. The highest BCUT2D eigenvalue weighted by Crippen LogP contribution is 2.31. The van der Waals surface area contributed by atoms with Crippen molar-refractivity contribution < 1.29 is 0 Å². The Morgan fingerprint density at radius 1 is 1.33 bits per heavy atom. The van der Waals surface area contributed by atoms with E-state index < -0.39 is 0 Å². The summed E-state index contributed by atoms with van der Waals surface area (Å²) in [7, 11) is 0. The first-order valence-corrected chi connectivity index (χ1v) is 7.25. The van der Waals surface area contributed by atoms with Crippen molar-refractivity contribution in [1.29, 1.82) is 5.26 Å². The van der Waals surface area contributed by atoms with E-state index in [1.807, 2.05) is 24.3 Å². The van der Waals surface area contributed by atoms with Gasteiger partial charge in [-0.25, -0.2) is 0 Å². The van der Waals surface area contributed by atoms with Gasteiger partial charge in [-0.15, -0.1) is 0 Å². The van der Waals surface area contributed by atoms with Crippen LogP contribution in [0.3, 0.4) is 0 Å². The smallest absolute Gasteiger partial charge is 0.103 e. The van der Waals surface area contributed by atoms with Crippen LogP contribution in [0.25, 0.3) is 10.9 Å². The molecule has 0 aliphatic carbocycles. The zero-order valence-electron chi connectivity index (χ0n) is 12.9. The number of rotatable bonds is 5. The lowest BCUT2D eigenvalue weighted by Crippen LogP contribution is -2.39. The number of pyridine rings is 1. The third kappa shape index (κ3) is 3.14. The average Bonchev–Trinajstić information content (AvgIpc) is 2.51. The fourth-order valence-electron chi connectivity index (χ4n) is 2.48. The van der Waals surface area contributed by atoms with Crippen LogP contribution in [0.15, 0.2) is 30.5 Å². The van der Waals surface area contributed by atoms with Crippen LogP contribution in [-0.2, 0) is 0 Å². The second-order valence-electron chi connectivity index (χ2n) is 6.03. The van der Waals surface area contributed by atoms with Gasteiger partial charge in [-0.2, -0.15) is 5.26 Å². The monoisotopic (exact) mass is 282 g/mol. The fraction of sp³-hybridized carbons (Fsp3) is 0.412. The van der Waals surface area contributed by atoms with Crippen LogP contribution in [-0.4, -0.2) is 24.6 Å². The molecule has 0 saturated heterocycles. The van der Waals surface area contributed by atoms with Crippen LogP contribution in [0.4, 0.5) is 5.69 Å². The van der Waals surface area contributed by atoms with E-state index in [1.54, 1.807) is 6.20 Å². The highest BCUT2D eigenvalue weighted by atomic mass is 15.1. The first-order valence-electron chi connectivity index (χ1n) is 7.25. The molecule has 0 fully saturated rings. The zero-order chi connectivity index (χ0) is 15.5. The van der Waals surface area contributed by atoms with Gasteiger partial charge in [0.2, 0.25) is 0 Å². The van der Waals surface area contributed by atoms with E-state index in [1.165, 1.54) is 0 Å². The van der Waals surface area contributed by atoms with Crippen molar-refractivity contribution in [3.63, 3.8) is 0 Å². The van der Waals surface area contributed by atoms with Gasteiger partial charge in [-0.3, -0.25) is 4.98 Å². The Morgan fingerprint density at radius 3 is 2.67 bits per heavy atom. The third-order valence-electron chi connectivity index (χ3n) is 3.74. The summed E-state index contributed by atoms with van der Waals surface area (Å²) < 4.78 is 0. The highest BCUT2D eigenvalue weighted by molar-refractivity contribution is 5.94. The van der Waals surface area contributed by atoms with E-state index in [4.69, 9.17) is 5.73 Å². The van der Waals surface area contributed by atoms with Gasteiger partial charge in [0.1, 0.15) is 6.07 Å². The van der Waals surface area contributed by atoms with Gasteiger partial charge in [-0.1, -0.05) is 32.0 Å². The van der Waals surface area contributed by atoms with E-state index in [0.717, 1.165) is 29.7 Å². The minimum absolute atomic E-state index is 0.00684. The summed E-state index contributed by atoms with van der Waals surface area (Å²) in [5.41, 5.74) is 8.35. The molecule has 0 bridgehead atoms. The Bertz CT molecular complexity index is 670. The van der Waals surface area contributed by atoms with Gasteiger partial charge in [-0.05, 0) is 24.9 Å². The molecule has 0 spiro atoms. The molecule has 1 aromatic heterocycles. The number of hydrogen-bond acceptors (Lipinski definition) is 4. The summed E-state index contributed by atoms with van der Waals surface area (Å²) in [4.78, 5) is 6.60. The molecular formula is C17H22N4. The highest BCUT2D eigenvalue weighted by Gasteiger charge is 2.22. The second kappa shape index (κ2) is 6.11. The number of nitrogens with zero attached hydrogens (tertiary/aromatic N) is 3. The van der Waals surface area contributed by atoms with E-state index in [0.29, 0.717) is 12.1 Å². The van der Waals surface area contributed by atoms with Crippen molar-refractivity contribution in [1.82, 2.24) is 4.98 Å². The summed E-state index contributed by atoms with van der Waals surface area (Å²) in [5.74, 6) is 0. The molecule has 0 radical (unpaired) electrons. The standard InChI is InChI=1S/C17H22N4/c1-4-21(12-17(2,3)11-19)16-13(9-18)10-20-15-8-6-5-7-14(15)16/h5-8,10H,4,11-12,19H2,1-3H3. The topological polar surface area (TPSA) is 65.9 Å². The van der Waals surface area contributed by atoms with Gasteiger partial charge in [0.25, 0.3) is 0 Å². The van der Waals surface area contributed by atoms with Gasteiger partial charge >= 0.3 is 0 Å². The minimum atomic E-state index is -0.00684. The first kappa shape index (κ1) is 15.3. The summed E-state index contributed by atoms with van der Waals surface area (Å²) >= 11 is 0. The number of nitrogens with two attached hydrogens (primary N) is 1. The van der Waals surface area contributed by atoms with E-state index >= 15 is 0 Å². The van der Waals surface area contributed by atoms with Gasteiger partial charge in [0.05, 0.1) is 16.8 Å². The maximum Gasteiger partial charge on any atom is 0.103 e. The van der Waals surface area contributed by atoms with Crippen molar-refractivity contribution in [3.8, 4) is 6.07 Å². The summed E-state index contributed by atoms with van der Waals surface area (Å²) in [6.45, 7) is 8.63. The quantitative estimate of drug-likeness (QED) is 0.915. The Morgan fingerprint density at radius 2 is 2.05 bits per heavy atom. The van der Waals surface area contributed by atoms with Crippen molar-refractivity contribution in [2.75, 3.05) is 24.5 Å². The Kier molecular flexibility index (Phi) is 4.44. The van der Waals surface area contributed by atoms with E-state index in [2.05, 4.69) is 36.7 Å². The number of anilines is 1. The lowest BCUT2D eigenvalue weighted by atomic mass is 9.92. The molecule has 2 N–H and O–H groups in total. The molecule has 0 amide bonds. The molecule has 0 saturated carbocycles. The second-order valence-corrected chi connectivity index (χ2v) is 6.03. The predicted molar refractivity (Wildman–Crippen MR) is 87.2 cm³/mol. The van der Waals surface area contributed by atoms with Crippen LogP contribution < -0.4 is 10.6 Å². The first-order chi connectivity index (χ1) is 10.0. The number of fused-ring (bicyclic) bond motifs is 1. The maximum absolute atomic E-state index is 9.44. The van der Waals surface area contributed by atoms with Crippen LogP contribution in [0.1, 0.15) is 26.3 Å². The normalized spacial score (nSPS) is 11.4. The lowest BCUT2D eigenvalue weighted by molar-refractivity contribution is 0.380. The van der Waals surface area contributed by atoms with Crippen LogP contribution >= 0.6 is 0 Å². The largest absolute Gasteiger partial charge is 0.370 e. The molecule has 0 atom stereocenters. The van der Waals surface area contributed by atoms with Crippen LogP contribution in [0.2, 0.25) is 0 Å². The van der Waals surface area contributed by atoms with Crippen molar-refractivity contribution in [2.24, 2.45) is 11.1 Å². The van der Waals surface area contributed by atoms with Crippen molar-refractivity contribution in [3.05, 3.63) is 36.0 Å². The minimum Gasteiger partial charge on any atom is -0.370 e. The molecule has 1 heterocycles. The molecule has 110 valence electrons. The van der Waals surface area contributed by atoms with Crippen molar-refractivity contribution in [2.45, 2.75) is 20.8 Å². The number of nitriles is 1. The maximum atomic E-state index is 9.44. The fourth-order valence-corrected chi connectivity index (χ4v) is 2.48. The molecule has 4 nitrogen and oxygen atoms in total. The van der Waals surface area contributed by atoms with E-state index in [9.17, 15) is 5.26 Å². The molecule has 2 rings (SSSR count). The van der Waals surface area contributed by atoms with Gasteiger partial charge < -0.3 is 10.6 Å². The molecule has 4 heteroatoms. The Hall–Kier alpha value is -2.12. The number of hydrogen-bond donors (Lipinski definition) is 1. The average molecular weight is 282 g/mol. The number of para-hydroxylation sites is 1. The number of benzene rings is 1. The lowest BCUT2D eigenvalue weighted by Gasteiger charge is -2.33. The van der Waals surface area contributed by atoms with E-state index in [-0.39, 0.29) is 5.41 Å². The van der Waals surface area contributed by atoms with Crippen LogP contribution in [0, 0.1) is 16.7 Å². The zero-order valence-corrected chi connectivity index (χ0v) is 12.9. The molecule has 0 aliphatic heterocycles. The Labute approximate surface area is 126 Å². The van der Waals surface area contributed by atoms with Crippen molar-refractivity contribution >= 4 is 16.6 Å². The molecule has 1 aromatic carbocycles. The summed E-state index contributed by atoms with van der Waals surface area (Å²) in [5, 5.41) is 10.5. The predicted octanol–water partition coefficient (Wildman–Crippen LogP) is 2.92. The molecular weight excluding hydrogens is 260 g/mol. The van der Waals surface area contributed by atoms with Crippen LogP contribution in [0.5, 0.6) is 0 Å². The van der Waals surface area contributed by atoms with Gasteiger partial charge in [0, 0.05) is 24.7 Å².